The van der Waals surface area contributed by atoms with E-state index in [0.29, 0.717) is 31.8 Å². The van der Waals surface area contributed by atoms with Gasteiger partial charge in [0, 0.05) is 0 Å². The Kier molecular flexibility index (Phi) is 7.69. The highest BCUT2D eigenvalue weighted by Crippen LogP contribution is 2.28. The Hall–Kier alpha value is -1.20. The fourth-order valence-corrected chi connectivity index (χ4v) is 4.40. The zero-order chi connectivity index (χ0) is 18.2. The molecule has 1 heterocycles. The standard InChI is InChI=1S/C22H31NO2S/c1-2-3-21(14-23)19-4-5-20-13-22(7-6-18(20)12-19)25-10-9-24-15-17-8-11-26-16-17/h4-5,8,11-12,16,21-22H,2-3,6-7,9-10,13-15,23H2,1H3/t21?,22-/m0/s1. The zero-order valence-electron chi connectivity index (χ0n) is 15.8. The molecule has 0 radical (unpaired) electrons. The van der Waals surface area contributed by atoms with Gasteiger partial charge in [-0.3, -0.25) is 0 Å². The maximum atomic E-state index is 6.05. The van der Waals surface area contributed by atoms with Crippen LogP contribution in [0.25, 0.3) is 0 Å². The van der Waals surface area contributed by atoms with E-state index >= 15 is 0 Å². The first-order valence-electron chi connectivity index (χ1n) is 9.82. The Bertz CT molecular complexity index is 656. The third-order valence-corrected chi connectivity index (χ3v) is 5.97. The molecule has 3 rings (SSSR count). The summed E-state index contributed by atoms with van der Waals surface area (Å²) in [5, 5.41) is 4.21. The molecule has 26 heavy (non-hydrogen) atoms. The molecule has 0 fully saturated rings. The fourth-order valence-electron chi connectivity index (χ4n) is 3.75. The molecule has 0 amide bonds. The Morgan fingerprint density at radius 1 is 1.23 bits per heavy atom. The van der Waals surface area contributed by atoms with Crippen LogP contribution in [0.15, 0.2) is 35.0 Å². The summed E-state index contributed by atoms with van der Waals surface area (Å²) in [5.41, 5.74) is 11.6. The van der Waals surface area contributed by atoms with Gasteiger partial charge < -0.3 is 15.2 Å². The SMILES string of the molecule is CCCC(CN)c1ccc2c(c1)CC[C@H](OCCOCc1ccsc1)C2. The van der Waals surface area contributed by atoms with Crippen LogP contribution in [0.5, 0.6) is 0 Å². The number of nitrogens with two attached hydrogens (primary N) is 1. The lowest BCUT2D eigenvalue weighted by Gasteiger charge is -2.26. The highest BCUT2D eigenvalue weighted by atomic mass is 32.1. The van der Waals surface area contributed by atoms with Crippen LogP contribution >= 0.6 is 11.3 Å². The van der Waals surface area contributed by atoms with Gasteiger partial charge >= 0.3 is 0 Å². The van der Waals surface area contributed by atoms with E-state index in [-0.39, 0.29) is 0 Å². The second-order valence-electron chi connectivity index (χ2n) is 7.17. The molecule has 0 bridgehead atoms. The van der Waals surface area contributed by atoms with Gasteiger partial charge in [0.2, 0.25) is 0 Å². The topological polar surface area (TPSA) is 44.5 Å². The summed E-state index contributed by atoms with van der Waals surface area (Å²) in [6.45, 7) is 4.99. The molecular weight excluding hydrogens is 342 g/mol. The van der Waals surface area contributed by atoms with Gasteiger partial charge in [-0.2, -0.15) is 11.3 Å². The van der Waals surface area contributed by atoms with Gasteiger partial charge in [-0.05, 0) is 77.2 Å². The largest absolute Gasteiger partial charge is 0.375 e. The lowest BCUT2D eigenvalue weighted by atomic mass is 9.85. The van der Waals surface area contributed by atoms with Crippen molar-refractivity contribution >= 4 is 11.3 Å². The first kappa shape index (κ1) is 19.6. The molecule has 1 unspecified atom stereocenters. The second kappa shape index (κ2) is 10.2. The van der Waals surface area contributed by atoms with Gasteiger partial charge in [0.1, 0.15) is 0 Å². The molecule has 142 valence electrons. The van der Waals surface area contributed by atoms with Gasteiger partial charge in [0.15, 0.2) is 0 Å². The summed E-state index contributed by atoms with van der Waals surface area (Å²) in [4.78, 5) is 0. The fraction of sp³-hybridized carbons (Fsp3) is 0.545. The summed E-state index contributed by atoms with van der Waals surface area (Å²) in [5.74, 6) is 0.500. The summed E-state index contributed by atoms with van der Waals surface area (Å²) in [7, 11) is 0. The summed E-state index contributed by atoms with van der Waals surface area (Å²) in [6.07, 6.45) is 5.89. The van der Waals surface area contributed by atoms with Crippen molar-refractivity contribution in [2.45, 2.75) is 57.7 Å². The number of hydrogen-bond donors (Lipinski definition) is 1. The van der Waals surface area contributed by atoms with Crippen LogP contribution in [0, 0.1) is 0 Å². The smallest absolute Gasteiger partial charge is 0.0726 e. The molecule has 2 atom stereocenters. The number of hydrogen-bond acceptors (Lipinski definition) is 4. The summed E-state index contributed by atoms with van der Waals surface area (Å²) >= 11 is 1.71. The molecule has 0 saturated carbocycles. The summed E-state index contributed by atoms with van der Waals surface area (Å²) in [6, 6.07) is 9.07. The van der Waals surface area contributed by atoms with Crippen molar-refractivity contribution in [3.05, 3.63) is 57.3 Å². The Labute approximate surface area is 161 Å². The second-order valence-corrected chi connectivity index (χ2v) is 7.95. The molecule has 0 spiro atoms. The number of thiophene rings is 1. The molecule has 4 heteroatoms. The molecule has 1 aliphatic carbocycles. The number of ether oxygens (including phenoxy) is 2. The molecule has 1 aromatic carbocycles. The van der Waals surface area contributed by atoms with Crippen molar-refractivity contribution in [1.29, 1.82) is 0 Å². The van der Waals surface area contributed by atoms with Crippen LogP contribution in [0.3, 0.4) is 0 Å². The van der Waals surface area contributed by atoms with Crippen molar-refractivity contribution in [2.24, 2.45) is 5.73 Å². The predicted molar refractivity (Wildman–Crippen MR) is 109 cm³/mol. The first-order valence-corrected chi connectivity index (χ1v) is 10.8. The third kappa shape index (κ3) is 5.40. The number of rotatable bonds is 10. The van der Waals surface area contributed by atoms with Crippen LogP contribution in [-0.4, -0.2) is 25.9 Å². The summed E-state index contributed by atoms with van der Waals surface area (Å²) < 4.78 is 11.7. The van der Waals surface area contributed by atoms with E-state index in [1.54, 1.807) is 11.3 Å². The lowest BCUT2D eigenvalue weighted by Crippen LogP contribution is -2.24. The Balaban J connectivity index is 1.44. The van der Waals surface area contributed by atoms with Gasteiger partial charge in [0.25, 0.3) is 0 Å². The average molecular weight is 374 g/mol. The molecule has 2 N–H and O–H groups in total. The molecule has 2 aromatic rings. The maximum absolute atomic E-state index is 6.05. The van der Waals surface area contributed by atoms with Crippen LogP contribution in [-0.2, 0) is 28.9 Å². The first-order chi connectivity index (χ1) is 12.8. The number of fused-ring (bicyclic) bond motifs is 1. The molecule has 3 nitrogen and oxygen atoms in total. The van der Waals surface area contributed by atoms with Crippen LogP contribution in [0.1, 0.15) is 54.4 Å². The quantitative estimate of drug-likeness (QED) is 0.615. The third-order valence-electron chi connectivity index (χ3n) is 5.24. The van der Waals surface area contributed by atoms with E-state index in [9.17, 15) is 0 Å². The monoisotopic (exact) mass is 373 g/mol. The Morgan fingerprint density at radius 2 is 2.15 bits per heavy atom. The van der Waals surface area contributed by atoms with E-state index in [1.807, 2.05) is 0 Å². The predicted octanol–water partition coefficient (Wildman–Crippen LogP) is 4.68. The van der Waals surface area contributed by atoms with E-state index < -0.39 is 0 Å². The van der Waals surface area contributed by atoms with Gasteiger partial charge in [0.05, 0.1) is 25.9 Å². The van der Waals surface area contributed by atoms with Gasteiger partial charge in [-0.25, -0.2) is 0 Å². The zero-order valence-corrected chi connectivity index (χ0v) is 16.6. The van der Waals surface area contributed by atoms with Gasteiger partial charge in [-0.1, -0.05) is 31.5 Å². The molecule has 1 aromatic heterocycles. The Morgan fingerprint density at radius 3 is 2.92 bits per heavy atom. The number of benzene rings is 1. The van der Waals surface area contributed by atoms with E-state index in [2.05, 4.69) is 41.9 Å². The molecule has 0 aliphatic heterocycles. The minimum absolute atomic E-state index is 0.319. The minimum Gasteiger partial charge on any atom is -0.375 e. The van der Waals surface area contributed by atoms with E-state index in [1.165, 1.54) is 35.1 Å². The normalized spacial score (nSPS) is 17.8. The van der Waals surface area contributed by atoms with Crippen LogP contribution in [0.2, 0.25) is 0 Å². The van der Waals surface area contributed by atoms with E-state index in [0.717, 1.165) is 25.8 Å². The highest BCUT2D eigenvalue weighted by molar-refractivity contribution is 7.07. The van der Waals surface area contributed by atoms with Crippen molar-refractivity contribution in [1.82, 2.24) is 0 Å². The van der Waals surface area contributed by atoms with Crippen molar-refractivity contribution in [3.8, 4) is 0 Å². The lowest BCUT2D eigenvalue weighted by molar-refractivity contribution is -0.00453. The van der Waals surface area contributed by atoms with Crippen molar-refractivity contribution in [2.75, 3.05) is 19.8 Å². The van der Waals surface area contributed by atoms with Crippen LogP contribution < -0.4 is 5.73 Å². The molecule has 0 saturated heterocycles. The maximum Gasteiger partial charge on any atom is 0.0726 e. The van der Waals surface area contributed by atoms with E-state index in [4.69, 9.17) is 15.2 Å². The van der Waals surface area contributed by atoms with Gasteiger partial charge in [-0.15, -0.1) is 0 Å². The van der Waals surface area contributed by atoms with Crippen molar-refractivity contribution in [3.63, 3.8) is 0 Å². The van der Waals surface area contributed by atoms with Crippen LogP contribution in [0.4, 0.5) is 0 Å². The minimum atomic E-state index is 0.319. The highest BCUT2D eigenvalue weighted by Gasteiger charge is 2.20. The van der Waals surface area contributed by atoms with Crippen molar-refractivity contribution < 1.29 is 9.47 Å². The molecule has 1 aliphatic rings. The molecular formula is C22H31NO2S. The average Bonchev–Trinajstić information content (AvgIpc) is 3.19. The number of aryl methyl sites for hydroxylation is 1.